The summed E-state index contributed by atoms with van der Waals surface area (Å²) in [6, 6.07) is 12.3. The van der Waals surface area contributed by atoms with Crippen molar-refractivity contribution in [3.05, 3.63) is 53.7 Å². The van der Waals surface area contributed by atoms with Crippen LogP contribution >= 0.6 is 11.6 Å². The van der Waals surface area contributed by atoms with Gasteiger partial charge in [-0.25, -0.2) is 13.4 Å². The molecule has 0 amide bonds. The molecule has 0 saturated heterocycles. The number of methoxy groups -OCH3 is 1. The van der Waals surface area contributed by atoms with E-state index in [1.165, 1.54) is 6.20 Å². The van der Waals surface area contributed by atoms with Crippen molar-refractivity contribution >= 4 is 50.5 Å². The summed E-state index contributed by atoms with van der Waals surface area (Å²) >= 11 is 6.32. The molecule has 3 rings (SSSR count). The van der Waals surface area contributed by atoms with Crippen molar-refractivity contribution in [1.29, 1.82) is 0 Å². The van der Waals surface area contributed by atoms with Gasteiger partial charge in [0, 0.05) is 12.6 Å². The van der Waals surface area contributed by atoms with E-state index in [1.54, 1.807) is 37.4 Å². The molecular formula is C24H31ClN6O4S. The Balaban J connectivity index is 1.77. The number of ether oxygens (including phenoxy) is 2. The second kappa shape index (κ2) is 12.6. The summed E-state index contributed by atoms with van der Waals surface area (Å²) in [6.45, 7) is 4.65. The highest BCUT2D eigenvalue weighted by Gasteiger charge is 2.13. The molecule has 0 bridgehead atoms. The lowest BCUT2D eigenvalue weighted by atomic mass is 10.2. The number of rotatable bonds is 13. The van der Waals surface area contributed by atoms with Gasteiger partial charge in [0.05, 0.1) is 43.2 Å². The molecule has 0 fully saturated rings. The van der Waals surface area contributed by atoms with Crippen molar-refractivity contribution in [3.8, 4) is 11.5 Å². The summed E-state index contributed by atoms with van der Waals surface area (Å²) < 4.78 is 37.3. The average Bonchev–Trinajstić information content (AvgIpc) is 2.84. The first-order chi connectivity index (χ1) is 17.2. The number of hydrogen-bond acceptors (Lipinski definition) is 9. The van der Waals surface area contributed by atoms with Gasteiger partial charge in [-0.05, 0) is 44.3 Å². The van der Waals surface area contributed by atoms with Crippen molar-refractivity contribution in [3.63, 3.8) is 0 Å². The Morgan fingerprint density at radius 1 is 1.08 bits per heavy atom. The molecule has 36 heavy (non-hydrogen) atoms. The normalized spacial score (nSPS) is 11.3. The molecule has 0 saturated carbocycles. The molecule has 1 heterocycles. The van der Waals surface area contributed by atoms with Gasteiger partial charge in [0.1, 0.15) is 16.5 Å². The molecule has 0 aliphatic carbocycles. The number of anilines is 5. The molecule has 3 N–H and O–H groups in total. The van der Waals surface area contributed by atoms with Crippen molar-refractivity contribution in [2.24, 2.45) is 0 Å². The van der Waals surface area contributed by atoms with E-state index in [0.717, 1.165) is 25.8 Å². The van der Waals surface area contributed by atoms with Gasteiger partial charge < -0.3 is 25.0 Å². The molecule has 194 valence electrons. The maximum atomic E-state index is 11.7. The fourth-order valence-corrected chi connectivity index (χ4v) is 3.92. The molecule has 2 aromatic carbocycles. The van der Waals surface area contributed by atoms with Crippen LogP contribution in [0.1, 0.15) is 13.3 Å². The minimum absolute atomic E-state index is 0.260. The van der Waals surface area contributed by atoms with Gasteiger partial charge >= 0.3 is 0 Å². The molecular weight excluding hydrogens is 504 g/mol. The predicted molar refractivity (Wildman–Crippen MR) is 145 cm³/mol. The Morgan fingerprint density at radius 3 is 2.53 bits per heavy atom. The third kappa shape index (κ3) is 8.14. The zero-order valence-electron chi connectivity index (χ0n) is 20.7. The van der Waals surface area contributed by atoms with Crippen LogP contribution in [0.15, 0.2) is 48.7 Å². The zero-order valence-corrected chi connectivity index (χ0v) is 22.3. The maximum Gasteiger partial charge on any atom is 0.229 e. The minimum Gasteiger partial charge on any atom is -0.495 e. The highest BCUT2D eigenvalue weighted by molar-refractivity contribution is 7.92. The van der Waals surface area contributed by atoms with E-state index in [9.17, 15) is 8.42 Å². The summed E-state index contributed by atoms with van der Waals surface area (Å²) in [7, 11) is 0.174. The van der Waals surface area contributed by atoms with E-state index in [2.05, 4.69) is 44.2 Å². The average molecular weight is 535 g/mol. The van der Waals surface area contributed by atoms with Gasteiger partial charge in [-0.3, -0.25) is 4.72 Å². The molecule has 0 aliphatic heterocycles. The van der Waals surface area contributed by atoms with Crippen LogP contribution < -0.4 is 24.8 Å². The first kappa shape index (κ1) is 27.3. The van der Waals surface area contributed by atoms with Crippen LogP contribution in [0.25, 0.3) is 0 Å². The number of para-hydroxylation sites is 2. The third-order valence-electron chi connectivity index (χ3n) is 5.13. The Hall–Kier alpha value is -3.28. The Kier molecular flexibility index (Phi) is 9.57. The monoisotopic (exact) mass is 534 g/mol. The topological polar surface area (TPSA) is 118 Å². The van der Waals surface area contributed by atoms with Gasteiger partial charge in [0.2, 0.25) is 16.0 Å². The number of halogens is 1. The number of sulfonamides is 1. The molecule has 0 aliphatic rings. The number of nitrogens with zero attached hydrogens (tertiary/aromatic N) is 3. The summed E-state index contributed by atoms with van der Waals surface area (Å²) in [5.74, 6) is 1.83. The Bertz CT molecular complexity index is 1280. The number of nitrogens with one attached hydrogen (secondary N) is 3. The number of aromatic nitrogens is 2. The van der Waals surface area contributed by atoms with Gasteiger partial charge in [0.25, 0.3) is 0 Å². The molecule has 0 radical (unpaired) electrons. The highest BCUT2D eigenvalue weighted by atomic mass is 35.5. The minimum atomic E-state index is -3.47. The van der Waals surface area contributed by atoms with Crippen LogP contribution in [-0.2, 0) is 10.0 Å². The lowest BCUT2D eigenvalue weighted by Gasteiger charge is -2.16. The van der Waals surface area contributed by atoms with E-state index in [-0.39, 0.29) is 11.0 Å². The molecule has 10 nitrogen and oxygen atoms in total. The first-order valence-corrected chi connectivity index (χ1v) is 13.6. The molecule has 1 aromatic heterocycles. The van der Waals surface area contributed by atoms with E-state index in [0.29, 0.717) is 41.0 Å². The summed E-state index contributed by atoms with van der Waals surface area (Å²) in [5, 5.41) is 6.47. The molecule has 0 unspecified atom stereocenters. The van der Waals surface area contributed by atoms with Crippen LogP contribution in [0.2, 0.25) is 5.02 Å². The highest BCUT2D eigenvalue weighted by Crippen LogP contribution is 2.33. The van der Waals surface area contributed by atoms with Gasteiger partial charge in [-0.1, -0.05) is 30.7 Å². The maximum absolute atomic E-state index is 11.7. The number of hydrogen-bond donors (Lipinski definition) is 3. The van der Waals surface area contributed by atoms with Gasteiger partial charge in [0.15, 0.2) is 5.82 Å². The van der Waals surface area contributed by atoms with Gasteiger partial charge in [-0.15, -0.1) is 0 Å². The van der Waals surface area contributed by atoms with Crippen LogP contribution in [0.5, 0.6) is 11.5 Å². The fourth-order valence-electron chi connectivity index (χ4n) is 3.20. The van der Waals surface area contributed by atoms with E-state index >= 15 is 0 Å². The summed E-state index contributed by atoms with van der Waals surface area (Å²) in [6.07, 6.45) is 3.44. The zero-order chi connectivity index (χ0) is 26.1. The predicted octanol–water partition coefficient (Wildman–Crippen LogP) is 4.72. The molecule has 0 spiro atoms. The first-order valence-electron chi connectivity index (χ1n) is 11.3. The van der Waals surface area contributed by atoms with Crippen LogP contribution in [0.4, 0.5) is 28.8 Å². The van der Waals surface area contributed by atoms with E-state index < -0.39 is 10.0 Å². The quantitative estimate of drug-likeness (QED) is 0.268. The molecule has 0 atom stereocenters. The largest absolute Gasteiger partial charge is 0.495 e. The standard InChI is InChI=1S/C24H31ClN6O4S/c1-5-31(2)13-8-14-35-17-11-12-22(34-3)21(15-17)28-24-26-16-18(25)23(29-24)27-19-9-6-7-10-20(19)30-36(4,32)33/h6-7,9-12,15-16,30H,5,8,13-14H2,1-4H3,(H2,26,27,28,29). The van der Waals surface area contributed by atoms with E-state index in [1.807, 2.05) is 12.1 Å². The molecule has 3 aromatic rings. The van der Waals surface area contributed by atoms with Crippen LogP contribution in [-0.4, -0.2) is 63.4 Å². The van der Waals surface area contributed by atoms with Crippen molar-refractivity contribution in [1.82, 2.24) is 14.9 Å². The van der Waals surface area contributed by atoms with E-state index in [4.69, 9.17) is 21.1 Å². The van der Waals surface area contributed by atoms with Crippen molar-refractivity contribution in [2.75, 3.05) is 55.5 Å². The lowest BCUT2D eigenvalue weighted by Crippen LogP contribution is -2.20. The number of benzene rings is 2. The van der Waals surface area contributed by atoms with Crippen molar-refractivity contribution < 1.29 is 17.9 Å². The summed E-state index contributed by atoms with van der Waals surface area (Å²) in [4.78, 5) is 11.0. The third-order valence-corrected chi connectivity index (χ3v) is 6.00. The van der Waals surface area contributed by atoms with Gasteiger partial charge in [-0.2, -0.15) is 4.98 Å². The molecule has 12 heteroatoms. The second-order valence-corrected chi connectivity index (χ2v) is 10.2. The summed E-state index contributed by atoms with van der Waals surface area (Å²) in [5.41, 5.74) is 1.46. The second-order valence-electron chi connectivity index (χ2n) is 8.02. The fraction of sp³-hybridized carbons (Fsp3) is 0.333. The lowest BCUT2D eigenvalue weighted by molar-refractivity contribution is 0.268. The smallest absolute Gasteiger partial charge is 0.229 e. The SMILES string of the molecule is CCN(C)CCCOc1ccc(OC)c(Nc2ncc(Cl)c(Nc3ccccc3NS(C)(=O)=O)n2)c1. The van der Waals surface area contributed by atoms with Crippen molar-refractivity contribution in [2.45, 2.75) is 13.3 Å². The van der Waals surface area contributed by atoms with Crippen LogP contribution in [0, 0.1) is 0 Å². The Labute approximate surface area is 217 Å². The van der Waals surface area contributed by atoms with Crippen LogP contribution in [0.3, 0.4) is 0 Å². The Morgan fingerprint density at radius 2 is 1.83 bits per heavy atom.